The summed E-state index contributed by atoms with van der Waals surface area (Å²) in [6.07, 6.45) is 51.6. The maximum atomic E-state index is 12.7. The van der Waals surface area contributed by atoms with E-state index in [9.17, 15) is 14.4 Å². The van der Waals surface area contributed by atoms with Gasteiger partial charge in [-0.25, -0.2) is 0 Å². The van der Waals surface area contributed by atoms with E-state index in [1.54, 1.807) is 0 Å². The highest BCUT2D eigenvalue weighted by atomic mass is 16.6. The molecule has 0 aromatic rings. The average molecular weight is 803 g/mol. The Hall–Kier alpha value is -2.11. The Morgan fingerprint density at radius 1 is 0.351 bits per heavy atom. The Morgan fingerprint density at radius 2 is 0.632 bits per heavy atom. The molecule has 0 radical (unpaired) electrons. The van der Waals surface area contributed by atoms with Crippen LogP contribution in [0.4, 0.5) is 0 Å². The van der Waals surface area contributed by atoms with Gasteiger partial charge in [0.15, 0.2) is 6.10 Å². The molecule has 0 aliphatic carbocycles. The Morgan fingerprint density at radius 3 is 1.00 bits per heavy atom. The van der Waals surface area contributed by atoms with Crippen LogP contribution in [0.25, 0.3) is 0 Å². The molecule has 0 spiro atoms. The summed E-state index contributed by atoms with van der Waals surface area (Å²) in [4.78, 5) is 37.8. The third-order valence-corrected chi connectivity index (χ3v) is 11.0. The van der Waals surface area contributed by atoms with Crippen molar-refractivity contribution >= 4 is 17.9 Å². The molecule has 0 rings (SSSR count). The topological polar surface area (TPSA) is 78.9 Å². The summed E-state index contributed by atoms with van der Waals surface area (Å²) in [7, 11) is 0. The van der Waals surface area contributed by atoms with E-state index in [1.807, 2.05) is 0 Å². The molecular formula is C51H94O6. The summed E-state index contributed by atoms with van der Waals surface area (Å²) in [6, 6.07) is 0. The van der Waals surface area contributed by atoms with E-state index in [0.29, 0.717) is 19.3 Å². The highest BCUT2D eigenvalue weighted by molar-refractivity contribution is 5.71. The lowest BCUT2D eigenvalue weighted by Crippen LogP contribution is -2.30. The van der Waals surface area contributed by atoms with E-state index >= 15 is 0 Å². The van der Waals surface area contributed by atoms with Gasteiger partial charge in [-0.1, -0.05) is 218 Å². The Kier molecular flexibility index (Phi) is 44.9. The largest absolute Gasteiger partial charge is 0.462 e. The fraction of sp³-hybridized carbons (Fsp3) is 0.863. The van der Waals surface area contributed by atoms with Crippen LogP contribution >= 0.6 is 0 Å². The van der Waals surface area contributed by atoms with E-state index in [-0.39, 0.29) is 31.1 Å². The van der Waals surface area contributed by atoms with Gasteiger partial charge in [0.2, 0.25) is 0 Å². The van der Waals surface area contributed by atoms with Crippen LogP contribution in [0, 0.1) is 0 Å². The van der Waals surface area contributed by atoms with Crippen molar-refractivity contribution in [1.82, 2.24) is 0 Å². The summed E-state index contributed by atoms with van der Waals surface area (Å²) in [6.45, 7) is 6.60. The predicted octanol–water partition coefficient (Wildman–Crippen LogP) is 16.0. The van der Waals surface area contributed by atoms with Gasteiger partial charge in [0.25, 0.3) is 0 Å². The van der Waals surface area contributed by atoms with Gasteiger partial charge in [0, 0.05) is 19.3 Å². The standard InChI is InChI=1S/C51H94O6/c1-4-7-10-13-16-19-22-23-24-25-26-27-28-29-30-33-35-38-41-44-50(53)56-47-48(57-51(54)45-42-39-36-32-21-18-15-12-9-6-3)46-55-49(52)43-40-37-34-31-20-17-14-11-8-5-2/h16,19,23-24,48H,4-15,17-18,20-22,25-47H2,1-3H3/b19-16-,24-23-. The Balaban J connectivity index is 4.25. The van der Waals surface area contributed by atoms with Gasteiger partial charge in [-0.05, 0) is 51.4 Å². The average Bonchev–Trinajstić information content (AvgIpc) is 3.21. The number of hydrogen-bond acceptors (Lipinski definition) is 6. The zero-order valence-corrected chi connectivity index (χ0v) is 38.1. The molecule has 0 saturated heterocycles. The fourth-order valence-electron chi connectivity index (χ4n) is 7.18. The number of hydrogen-bond donors (Lipinski definition) is 0. The zero-order chi connectivity index (χ0) is 41.5. The van der Waals surface area contributed by atoms with Crippen LogP contribution < -0.4 is 0 Å². The van der Waals surface area contributed by atoms with Crippen LogP contribution in [0.2, 0.25) is 0 Å². The minimum Gasteiger partial charge on any atom is -0.462 e. The molecule has 0 bridgehead atoms. The summed E-state index contributed by atoms with van der Waals surface area (Å²) in [5.41, 5.74) is 0. The molecule has 6 nitrogen and oxygen atoms in total. The third-order valence-electron chi connectivity index (χ3n) is 11.0. The Bertz CT molecular complexity index is 927. The number of esters is 3. The van der Waals surface area contributed by atoms with Gasteiger partial charge in [-0.2, -0.15) is 0 Å². The van der Waals surface area contributed by atoms with E-state index in [2.05, 4.69) is 45.1 Å². The first-order chi connectivity index (χ1) is 28.0. The molecule has 1 atom stereocenters. The van der Waals surface area contributed by atoms with Gasteiger partial charge in [0.1, 0.15) is 13.2 Å². The molecule has 0 aromatic carbocycles. The van der Waals surface area contributed by atoms with Crippen molar-refractivity contribution in [3.8, 4) is 0 Å². The normalized spacial score (nSPS) is 12.1. The van der Waals surface area contributed by atoms with Gasteiger partial charge in [0.05, 0.1) is 0 Å². The van der Waals surface area contributed by atoms with E-state index < -0.39 is 6.10 Å². The zero-order valence-electron chi connectivity index (χ0n) is 38.1. The van der Waals surface area contributed by atoms with Crippen LogP contribution in [-0.4, -0.2) is 37.2 Å². The van der Waals surface area contributed by atoms with Gasteiger partial charge < -0.3 is 14.2 Å². The third kappa shape index (κ3) is 44.8. The molecule has 334 valence electrons. The van der Waals surface area contributed by atoms with Crippen LogP contribution in [0.5, 0.6) is 0 Å². The predicted molar refractivity (Wildman–Crippen MR) is 243 cm³/mol. The maximum Gasteiger partial charge on any atom is 0.306 e. The quantitative estimate of drug-likeness (QED) is 0.0264. The smallest absolute Gasteiger partial charge is 0.306 e. The number of rotatable bonds is 45. The molecule has 0 fully saturated rings. The van der Waals surface area contributed by atoms with Crippen LogP contribution in [-0.2, 0) is 28.6 Å². The molecule has 0 saturated carbocycles. The first kappa shape index (κ1) is 54.9. The number of ether oxygens (including phenoxy) is 3. The van der Waals surface area contributed by atoms with Crippen LogP contribution in [0.15, 0.2) is 24.3 Å². The van der Waals surface area contributed by atoms with Crippen molar-refractivity contribution in [2.75, 3.05) is 13.2 Å². The monoisotopic (exact) mass is 803 g/mol. The van der Waals surface area contributed by atoms with Crippen molar-refractivity contribution in [3.63, 3.8) is 0 Å². The lowest BCUT2D eigenvalue weighted by Gasteiger charge is -2.18. The van der Waals surface area contributed by atoms with E-state index in [0.717, 1.165) is 64.2 Å². The molecular weight excluding hydrogens is 709 g/mol. The molecule has 0 aliphatic heterocycles. The van der Waals surface area contributed by atoms with Gasteiger partial charge in [-0.3, -0.25) is 14.4 Å². The van der Waals surface area contributed by atoms with Crippen molar-refractivity contribution in [2.45, 2.75) is 271 Å². The number of allylic oxidation sites excluding steroid dienone is 4. The molecule has 0 N–H and O–H groups in total. The first-order valence-corrected chi connectivity index (χ1v) is 24.8. The van der Waals surface area contributed by atoms with Crippen molar-refractivity contribution in [1.29, 1.82) is 0 Å². The highest BCUT2D eigenvalue weighted by Crippen LogP contribution is 2.15. The van der Waals surface area contributed by atoms with Gasteiger partial charge in [-0.15, -0.1) is 0 Å². The second-order valence-corrected chi connectivity index (χ2v) is 16.7. The molecule has 0 amide bonds. The van der Waals surface area contributed by atoms with E-state index in [1.165, 1.54) is 161 Å². The number of carbonyl (C=O) groups excluding carboxylic acids is 3. The minimum atomic E-state index is -0.764. The summed E-state index contributed by atoms with van der Waals surface area (Å²) >= 11 is 0. The van der Waals surface area contributed by atoms with Crippen LogP contribution in [0.3, 0.4) is 0 Å². The molecule has 0 aliphatic rings. The van der Waals surface area contributed by atoms with Crippen LogP contribution in [0.1, 0.15) is 265 Å². The summed E-state index contributed by atoms with van der Waals surface area (Å²) in [5, 5.41) is 0. The second kappa shape index (κ2) is 46.6. The highest BCUT2D eigenvalue weighted by Gasteiger charge is 2.19. The first-order valence-electron chi connectivity index (χ1n) is 24.8. The fourth-order valence-corrected chi connectivity index (χ4v) is 7.18. The maximum absolute atomic E-state index is 12.7. The lowest BCUT2D eigenvalue weighted by molar-refractivity contribution is -0.167. The summed E-state index contributed by atoms with van der Waals surface area (Å²) in [5.74, 6) is -0.866. The molecule has 6 heteroatoms. The van der Waals surface area contributed by atoms with Crippen molar-refractivity contribution < 1.29 is 28.6 Å². The minimum absolute atomic E-state index is 0.0683. The molecule has 1 unspecified atom stereocenters. The lowest BCUT2D eigenvalue weighted by atomic mass is 10.1. The molecule has 0 aromatic heterocycles. The SMILES string of the molecule is CCCCC/C=C\C/C=C\CCCCCCCCCCCC(=O)OCC(COC(=O)CCCCCCCCCCCC)OC(=O)CCCCCCCCCCCC. The number of unbranched alkanes of at least 4 members (excludes halogenated alkanes) is 30. The second-order valence-electron chi connectivity index (χ2n) is 16.7. The van der Waals surface area contributed by atoms with E-state index in [4.69, 9.17) is 14.2 Å². The summed E-state index contributed by atoms with van der Waals surface area (Å²) < 4.78 is 16.7. The molecule has 0 heterocycles. The molecule has 57 heavy (non-hydrogen) atoms. The van der Waals surface area contributed by atoms with Crippen molar-refractivity contribution in [3.05, 3.63) is 24.3 Å². The number of carbonyl (C=O) groups is 3. The van der Waals surface area contributed by atoms with Crippen molar-refractivity contribution in [2.24, 2.45) is 0 Å². The Labute approximate surface area is 353 Å². The van der Waals surface area contributed by atoms with Gasteiger partial charge >= 0.3 is 17.9 Å².